The quantitative estimate of drug-likeness (QED) is 0.643. The van der Waals surface area contributed by atoms with Gasteiger partial charge in [0.2, 0.25) is 5.60 Å². The predicted octanol–water partition coefficient (Wildman–Crippen LogP) is 0.278. The van der Waals surface area contributed by atoms with Crippen LogP contribution in [-0.2, 0) is 14.3 Å². The van der Waals surface area contributed by atoms with Crippen LogP contribution in [-0.4, -0.2) is 78.4 Å². The third-order valence-electron chi connectivity index (χ3n) is 7.25. The van der Waals surface area contributed by atoms with Crippen molar-refractivity contribution in [3.63, 3.8) is 0 Å². The number of fused-ring (bicyclic) bond motifs is 2. The first kappa shape index (κ1) is 18.2. The molecule has 1 aliphatic carbocycles. The van der Waals surface area contributed by atoms with Gasteiger partial charge >= 0.3 is 0 Å². The van der Waals surface area contributed by atoms with Crippen molar-refractivity contribution in [1.29, 1.82) is 0 Å². The van der Waals surface area contributed by atoms with Gasteiger partial charge in [-0.15, -0.1) is 0 Å². The van der Waals surface area contributed by atoms with Crippen LogP contribution in [0.5, 0.6) is 0 Å². The van der Waals surface area contributed by atoms with Crippen LogP contribution in [0.15, 0.2) is 0 Å². The lowest BCUT2D eigenvalue weighted by Gasteiger charge is -2.53. The van der Waals surface area contributed by atoms with Crippen LogP contribution in [0.4, 0.5) is 0 Å². The molecule has 4 aliphatic rings. The fourth-order valence-electron chi connectivity index (χ4n) is 5.74. The second kappa shape index (κ2) is 3.98. The lowest BCUT2D eigenvalue weighted by atomic mass is 9.72. The first-order valence-corrected chi connectivity index (χ1v) is 9.25. The van der Waals surface area contributed by atoms with Crippen molar-refractivity contribution in [2.45, 2.75) is 88.9 Å². The fourth-order valence-corrected chi connectivity index (χ4v) is 5.74. The smallest absolute Gasteiger partial charge is 0.261 e. The predicted molar refractivity (Wildman–Crippen MR) is 93.2 cm³/mol. The third kappa shape index (κ3) is 1.35. The number of β-amino-alcohol motifs (C(OH)–C–C–N with tert-alkyl or cyclic N) is 1. The molecule has 1 saturated carbocycles. The number of rotatable bonds is 0. The molecule has 0 aromatic rings. The van der Waals surface area contributed by atoms with Crippen molar-refractivity contribution in [2.24, 2.45) is 5.41 Å². The Morgan fingerprint density at radius 1 is 0.846 bits per heavy atom. The molecular formula is C19H30N2O5. The maximum Gasteiger partial charge on any atom is 0.261 e. The topological polar surface area (TPSA) is 90.3 Å². The van der Waals surface area contributed by atoms with Crippen molar-refractivity contribution in [3.8, 4) is 0 Å². The van der Waals surface area contributed by atoms with Crippen molar-refractivity contribution in [1.82, 2.24) is 9.80 Å². The zero-order chi connectivity index (χ0) is 19.9. The minimum atomic E-state index is -1.79. The van der Waals surface area contributed by atoms with Gasteiger partial charge in [-0.25, -0.2) is 0 Å². The number of piperidine rings is 1. The average molecular weight is 366 g/mol. The lowest BCUT2D eigenvalue weighted by Crippen LogP contribution is -2.79. The zero-order valence-electron chi connectivity index (χ0n) is 16.9. The summed E-state index contributed by atoms with van der Waals surface area (Å²) < 4.78 is 6.09. The Morgan fingerprint density at radius 3 is 1.65 bits per heavy atom. The van der Waals surface area contributed by atoms with E-state index in [9.17, 15) is 19.8 Å². The largest absolute Gasteiger partial charge is 0.385 e. The summed E-state index contributed by atoms with van der Waals surface area (Å²) in [5, 5.41) is 22.8. The number of likely N-dealkylation sites (tertiary alicyclic amines) is 2. The van der Waals surface area contributed by atoms with Crippen LogP contribution in [0.25, 0.3) is 0 Å². The van der Waals surface area contributed by atoms with E-state index in [0.717, 1.165) is 0 Å². The molecule has 2 N–H and O–H groups in total. The molecule has 0 bridgehead atoms. The Morgan fingerprint density at radius 2 is 1.27 bits per heavy atom. The van der Waals surface area contributed by atoms with Crippen LogP contribution >= 0.6 is 0 Å². The Labute approximate surface area is 154 Å². The molecule has 0 radical (unpaired) electrons. The Balaban J connectivity index is 1.79. The molecule has 4 rings (SSSR count). The number of hydrogen-bond donors (Lipinski definition) is 2. The molecule has 3 saturated heterocycles. The molecule has 4 fully saturated rings. The first-order chi connectivity index (χ1) is 11.5. The summed E-state index contributed by atoms with van der Waals surface area (Å²) >= 11 is 0. The van der Waals surface area contributed by atoms with Crippen LogP contribution in [0.3, 0.4) is 0 Å². The highest BCUT2D eigenvalue weighted by Crippen LogP contribution is 2.86. The Bertz CT molecular complexity index is 750. The van der Waals surface area contributed by atoms with Gasteiger partial charge in [-0.3, -0.25) is 9.59 Å². The van der Waals surface area contributed by atoms with Crippen LogP contribution in [0.1, 0.15) is 55.4 Å². The van der Waals surface area contributed by atoms with Gasteiger partial charge in [0.15, 0.2) is 11.2 Å². The van der Waals surface area contributed by atoms with E-state index in [2.05, 4.69) is 0 Å². The molecule has 7 heteroatoms. The molecule has 146 valence electrons. The maximum absolute atomic E-state index is 13.3. The SMILES string of the molecule is CC(C)(C)N1C[C@@]2(C)[C@]3(O[C@@]4(C(=O)N(C(C)(C)C)C[C@]4(C)O)[C@@]23O)C1=O. The van der Waals surface area contributed by atoms with Gasteiger partial charge in [-0.2, -0.15) is 0 Å². The van der Waals surface area contributed by atoms with Crippen molar-refractivity contribution in [3.05, 3.63) is 0 Å². The number of carbonyl (C=O) groups excluding carboxylic acids is 2. The second-order valence-electron chi connectivity index (χ2n) is 10.9. The number of ether oxygens (including phenoxy) is 1. The standard InChI is InChI=1S/C19H30N2O5/c1-13(2,3)20-9-15(7)17(11(20)22)19(15,25)18(26-17)12(23)21(14(4,5)6)10-16(18,8)24/h24-25H,9-10H2,1-8H3/t15-,16-,17+,18+,19+/m0/s1. The summed E-state index contributed by atoms with van der Waals surface area (Å²) in [5.41, 5.74) is -8.35. The molecule has 3 aliphatic heterocycles. The summed E-state index contributed by atoms with van der Waals surface area (Å²) in [5.74, 6) is -0.729. The highest BCUT2D eigenvalue weighted by atomic mass is 16.6. The van der Waals surface area contributed by atoms with Gasteiger partial charge < -0.3 is 24.7 Å². The normalized spacial score (nSPS) is 50.2. The summed E-state index contributed by atoms with van der Waals surface area (Å²) in [7, 11) is 0. The van der Waals surface area contributed by atoms with Gasteiger partial charge in [0.1, 0.15) is 5.60 Å². The molecule has 0 aromatic carbocycles. The average Bonchev–Trinajstić information content (AvgIpc) is 2.68. The zero-order valence-corrected chi connectivity index (χ0v) is 16.9. The molecule has 7 nitrogen and oxygen atoms in total. The van der Waals surface area contributed by atoms with Gasteiger partial charge in [0, 0.05) is 17.6 Å². The minimum Gasteiger partial charge on any atom is -0.385 e. The van der Waals surface area contributed by atoms with Crippen LogP contribution < -0.4 is 0 Å². The highest BCUT2D eigenvalue weighted by Gasteiger charge is 3.11. The second-order valence-corrected chi connectivity index (χ2v) is 10.9. The van der Waals surface area contributed by atoms with E-state index in [1.54, 1.807) is 16.7 Å². The monoisotopic (exact) mass is 366 g/mol. The molecule has 26 heavy (non-hydrogen) atoms. The number of carbonyl (C=O) groups is 2. The molecule has 0 aromatic heterocycles. The van der Waals surface area contributed by atoms with Crippen LogP contribution in [0.2, 0.25) is 0 Å². The van der Waals surface area contributed by atoms with Crippen molar-refractivity contribution >= 4 is 11.8 Å². The van der Waals surface area contributed by atoms with E-state index in [4.69, 9.17) is 4.74 Å². The number of nitrogens with zero attached hydrogens (tertiary/aromatic N) is 2. The first-order valence-electron chi connectivity index (χ1n) is 9.25. The third-order valence-corrected chi connectivity index (χ3v) is 7.25. The van der Waals surface area contributed by atoms with Gasteiger partial charge in [-0.05, 0) is 48.5 Å². The molecule has 0 unspecified atom stereocenters. The number of amides is 2. The Kier molecular flexibility index (Phi) is 2.79. The van der Waals surface area contributed by atoms with E-state index in [1.807, 2.05) is 41.5 Å². The maximum atomic E-state index is 13.3. The summed E-state index contributed by atoms with van der Waals surface area (Å²) in [6.45, 7) is 15.1. The van der Waals surface area contributed by atoms with E-state index in [-0.39, 0.29) is 12.5 Å². The number of aliphatic hydroxyl groups is 2. The summed E-state index contributed by atoms with van der Waals surface area (Å²) in [4.78, 5) is 29.7. The minimum absolute atomic E-state index is 0.0565. The summed E-state index contributed by atoms with van der Waals surface area (Å²) in [6, 6.07) is 0. The van der Waals surface area contributed by atoms with Crippen molar-refractivity contribution in [2.75, 3.05) is 13.1 Å². The van der Waals surface area contributed by atoms with E-state index < -0.39 is 44.8 Å². The van der Waals surface area contributed by atoms with Crippen molar-refractivity contribution < 1.29 is 24.5 Å². The molecular weight excluding hydrogens is 336 g/mol. The van der Waals surface area contributed by atoms with E-state index in [1.165, 1.54) is 6.92 Å². The van der Waals surface area contributed by atoms with E-state index in [0.29, 0.717) is 6.54 Å². The van der Waals surface area contributed by atoms with Crippen LogP contribution in [0, 0.1) is 5.41 Å². The summed E-state index contributed by atoms with van der Waals surface area (Å²) in [6.07, 6.45) is 0. The molecule has 3 heterocycles. The number of hydrogen-bond acceptors (Lipinski definition) is 5. The van der Waals surface area contributed by atoms with Gasteiger partial charge in [0.05, 0.1) is 12.0 Å². The lowest BCUT2D eigenvalue weighted by molar-refractivity contribution is -0.311. The molecule has 2 spiro atoms. The van der Waals surface area contributed by atoms with Gasteiger partial charge in [-0.1, -0.05) is 6.92 Å². The van der Waals surface area contributed by atoms with Gasteiger partial charge in [0.25, 0.3) is 11.8 Å². The van der Waals surface area contributed by atoms with E-state index >= 15 is 0 Å². The fraction of sp³-hybridized carbons (Fsp3) is 0.895. The highest BCUT2D eigenvalue weighted by molar-refractivity contribution is 6.07. The molecule has 2 amide bonds. The Hall–Kier alpha value is -1.18. The molecule has 5 atom stereocenters.